The number of aliphatic hydroxyl groups is 1. The molecule has 4 rings (SSSR count). The summed E-state index contributed by atoms with van der Waals surface area (Å²) in [6.45, 7) is 8.82. The van der Waals surface area contributed by atoms with Gasteiger partial charge in [-0.2, -0.15) is 0 Å². The SMILES string of the molecule is CCN(CC)CCN1C(=O)C(=O)C(=C(O)c2ccc3c(c2)C[C@H](C)O3)[C@H]1c1cccc(OC)c1. The number of amides is 1. The molecule has 2 aliphatic heterocycles. The van der Waals surface area contributed by atoms with Crippen molar-refractivity contribution in [1.82, 2.24) is 9.80 Å². The van der Waals surface area contributed by atoms with Crippen molar-refractivity contribution in [3.63, 3.8) is 0 Å². The molecule has 2 heterocycles. The molecule has 1 N–H and O–H groups in total. The fourth-order valence-electron chi connectivity index (χ4n) is 4.78. The molecule has 0 bridgehead atoms. The molecule has 0 spiro atoms. The van der Waals surface area contributed by atoms with E-state index in [1.807, 2.05) is 43.3 Å². The summed E-state index contributed by atoms with van der Waals surface area (Å²) in [4.78, 5) is 30.2. The fourth-order valence-corrected chi connectivity index (χ4v) is 4.78. The first-order valence-corrected chi connectivity index (χ1v) is 11.8. The summed E-state index contributed by atoms with van der Waals surface area (Å²) in [6.07, 6.45) is 0.795. The van der Waals surface area contributed by atoms with Gasteiger partial charge in [-0.25, -0.2) is 0 Å². The Labute approximate surface area is 200 Å². The molecule has 0 aliphatic carbocycles. The molecular formula is C27H32N2O5. The minimum atomic E-state index is -0.700. The largest absolute Gasteiger partial charge is 0.507 e. The number of rotatable bonds is 8. The van der Waals surface area contributed by atoms with E-state index in [-0.39, 0.29) is 17.4 Å². The van der Waals surface area contributed by atoms with Crippen LogP contribution in [0.5, 0.6) is 11.5 Å². The minimum Gasteiger partial charge on any atom is -0.507 e. The Balaban J connectivity index is 1.79. The Bertz CT molecular complexity index is 1120. The monoisotopic (exact) mass is 464 g/mol. The zero-order valence-corrected chi connectivity index (χ0v) is 20.2. The summed E-state index contributed by atoms with van der Waals surface area (Å²) in [5.74, 6) is -0.0305. The number of aliphatic hydroxyl groups excluding tert-OH is 1. The molecule has 34 heavy (non-hydrogen) atoms. The Morgan fingerprint density at radius 3 is 2.65 bits per heavy atom. The Hall–Kier alpha value is -3.32. The Morgan fingerprint density at radius 1 is 1.18 bits per heavy atom. The van der Waals surface area contributed by atoms with Crippen LogP contribution in [-0.4, -0.2) is 66.0 Å². The number of ketones is 1. The third-order valence-electron chi connectivity index (χ3n) is 6.67. The zero-order valence-electron chi connectivity index (χ0n) is 20.2. The standard InChI is InChI=1S/C27H32N2O5/c1-5-28(6-2)12-13-29-24(18-8-7-9-21(16-18)33-4)23(26(31)27(29)32)25(30)19-10-11-22-20(15-19)14-17(3)34-22/h7-11,15-17,24,30H,5-6,12-14H2,1-4H3/t17-,24+/m0/s1. The van der Waals surface area contributed by atoms with E-state index >= 15 is 0 Å². The van der Waals surface area contributed by atoms with Gasteiger partial charge in [0, 0.05) is 25.1 Å². The molecule has 2 aliphatic rings. The lowest BCUT2D eigenvalue weighted by atomic mass is 9.94. The lowest BCUT2D eigenvalue weighted by Crippen LogP contribution is -2.38. The maximum atomic E-state index is 13.3. The van der Waals surface area contributed by atoms with Crippen molar-refractivity contribution in [1.29, 1.82) is 0 Å². The number of carbonyl (C=O) groups is 2. The van der Waals surface area contributed by atoms with Crippen LogP contribution >= 0.6 is 0 Å². The second-order valence-corrected chi connectivity index (χ2v) is 8.75. The summed E-state index contributed by atoms with van der Waals surface area (Å²) >= 11 is 0. The van der Waals surface area contributed by atoms with Crippen molar-refractivity contribution in [3.05, 3.63) is 64.7 Å². The number of hydrogen-bond donors (Lipinski definition) is 1. The van der Waals surface area contributed by atoms with Crippen LogP contribution in [0, 0.1) is 0 Å². The number of nitrogens with zero attached hydrogens (tertiary/aromatic N) is 2. The second kappa shape index (κ2) is 9.89. The first kappa shape index (κ1) is 23.8. The van der Waals surface area contributed by atoms with Crippen molar-refractivity contribution in [2.45, 2.75) is 39.3 Å². The third-order valence-corrected chi connectivity index (χ3v) is 6.67. The lowest BCUT2D eigenvalue weighted by molar-refractivity contribution is -0.140. The Kier molecular flexibility index (Phi) is 6.93. The van der Waals surface area contributed by atoms with Gasteiger partial charge in [0.05, 0.1) is 18.7 Å². The number of likely N-dealkylation sites (tertiary alicyclic amines) is 1. The van der Waals surface area contributed by atoms with E-state index in [0.717, 1.165) is 36.4 Å². The quantitative estimate of drug-likeness (QED) is 0.364. The van der Waals surface area contributed by atoms with Crippen molar-refractivity contribution in [2.75, 3.05) is 33.3 Å². The maximum Gasteiger partial charge on any atom is 0.295 e. The van der Waals surface area contributed by atoms with Crippen LogP contribution in [-0.2, 0) is 16.0 Å². The molecule has 2 atom stereocenters. The van der Waals surface area contributed by atoms with Gasteiger partial charge < -0.3 is 24.4 Å². The molecule has 0 aromatic heterocycles. The van der Waals surface area contributed by atoms with Crippen LogP contribution in [0.1, 0.15) is 43.5 Å². The number of benzene rings is 2. The number of hydrogen-bond acceptors (Lipinski definition) is 6. The van der Waals surface area contributed by atoms with Crippen LogP contribution in [0.3, 0.4) is 0 Å². The molecule has 7 heteroatoms. The van der Waals surface area contributed by atoms with Crippen LogP contribution < -0.4 is 9.47 Å². The summed E-state index contributed by atoms with van der Waals surface area (Å²) in [7, 11) is 1.57. The highest BCUT2D eigenvalue weighted by Crippen LogP contribution is 2.41. The average Bonchev–Trinajstić information content (AvgIpc) is 3.35. The molecule has 7 nitrogen and oxygen atoms in total. The van der Waals surface area contributed by atoms with E-state index in [0.29, 0.717) is 24.4 Å². The van der Waals surface area contributed by atoms with Crippen LogP contribution in [0.25, 0.3) is 5.76 Å². The second-order valence-electron chi connectivity index (χ2n) is 8.75. The van der Waals surface area contributed by atoms with Crippen LogP contribution in [0.2, 0.25) is 0 Å². The third kappa shape index (κ3) is 4.40. The Morgan fingerprint density at radius 2 is 1.94 bits per heavy atom. The van der Waals surface area contributed by atoms with Crippen LogP contribution in [0.15, 0.2) is 48.0 Å². The van der Waals surface area contributed by atoms with Crippen molar-refractivity contribution in [2.24, 2.45) is 0 Å². The highest BCUT2D eigenvalue weighted by Gasteiger charge is 2.46. The number of Topliss-reactive ketones (excluding diaryl/α,β-unsaturated/α-hetero) is 1. The summed E-state index contributed by atoms with van der Waals surface area (Å²) in [5.41, 5.74) is 2.30. The predicted molar refractivity (Wildman–Crippen MR) is 130 cm³/mol. The van der Waals surface area contributed by atoms with Crippen molar-refractivity contribution < 1.29 is 24.2 Å². The summed E-state index contributed by atoms with van der Waals surface area (Å²) < 4.78 is 11.2. The maximum absolute atomic E-state index is 13.3. The van der Waals surface area contributed by atoms with Gasteiger partial charge in [-0.05, 0) is 61.5 Å². The molecular weight excluding hydrogens is 432 g/mol. The zero-order chi connectivity index (χ0) is 24.4. The van der Waals surface area contributed by atoms with Gasteiger partial charge in [0.25, 0.3) is 11.7 Å². The average molecular weight is 465 g/mol. The first-order chi connectivity index (χ1) is 16.4. The van der Waals surface area contributed by atoms with Gasteiger partial charge in [-0.3, -0.25) is 9.59 Å². The molecule has 1 saturated heterocycles. The van der Waals surface area contributed by atoms with E-state index in [1.165, 1.54) is 0 Å². The predicted octanol–water partition coefficient (Wildman–Crippen LogP) is 3.78. The molecule has 1 fully saturated rings. The van der Waals surface area contributed by atoms with E-state index in [1.54, 1.807) is 18.1 Å². The van der Waals surface area contributed by atoms with E-state index in [2.05, 4.69) is 18.7 Å². The van der Waals surface area contributed by atoms with Gasteiger partial charge >= 0.3 is 0 Å². The summed E-state index contributed by atoms with van der Waals surface area (Å²) in [5, 5.41) is 11.3. The molecule has 0 radical (unpaired) electrons. The molecule has 0 saturated carbocycles. The van der Waals surface area contributed by atoms with Crippen LogP contribution in [0.4, 0.5) is 0 Å². The smallest absolute Gasteiger partial charge is 0.295 e. The number of likely N-dealkylation sites (N-methyl/N-ethyl adjacent to an activating group) is 1. The van der Waals surface area contributed by atoms with E-state index in [4.69, 9.17) is 9.47 Å². The highest BCUT2D eigenvalue weighted by molar-refractivity contribution is 6.46. The fraction of sp³-hybridized carbons (Fsp3) is 0.407. The number of carbonyl (C=O) groups excluding carboxylic acids is 2. The van der Waals surface area contributed by atoms with Crippen molar-refractivity contribution >= 4 is 17.4 Å². The van der Waals surface area contributed by atoms with Gasteiger partial charge in [0.2, 0.25) is 0 Å². The summed E-state index contributed by atoms with van der Waals surface area (Å²) in [6, 6.07) is 12.0. The molecule has 180 valence electrons. The molecule has 0 unspecified atom stereocenters. The number of ether oxygens (including phenoxy) is 2. The van der Waals surface area contributed by atoms with Gasteiger partial charge in [0.1, 0.15) is 23.4 Å². The minimum absolute atomic E-state index is 0.0647. The highest BCUT2D eigenvalue weighted by atomic mass is 16.5. The molecule has 2 aromatic carbocycles. The normalized spacial score (nSPS) is 21.1. The lowest BCUT2D eigenvalue weighted by Gasteiger charge is -2.28. The van der Waals surface area contributed by atoms with Gasteiger partial charge in [-0.1, -0.05) is 26.0 Å². The molecule has 1 amide bonds. The molecule has 2 aromatic rings. The number of methoxy groups -OCH3 is 1. The topological polar surface area (TPSA) is 79.3 Å². The van der Waals surface area contributed by atoms with E-state index < -0.39 is 17.7 Å². The number of fused-ring (bicyclic) bond motifs is 1. The van der Waals surface area contributed by atoms with Gasteiger partial charge in [0.15, 0.2) is 0 Å². The van der Waals surface area contributed by atoms with E-state index in [9.17, 15) is 14.7 Å². The van der Waals surface area contributed by atoms with Crippen molar-refractivity contribution in [3.8, 4) is 11.5 Å². The first-order valence-electron chi connectivity index (χ1n) is 11.8. The van der Waals surface area contributed by atoms with Gasteiger partial charge in [-0.15, -0.1) is 0 Å².